The molecule has 0 saturated carbocycles. The first-order valence-corrected chi connectivity index (χ1v) is 10.0. The maximum absolute atomic E-state index is 13.4. The van der Waals surface area contributed by atoms with Crippen molar-refractivity contribution in [3.05, 3.63) is 54.3 Å². The number of amides is 1. The molecule has 1 amide bonds. The number of hydrogen-bond acceptors (Lipinski definition) is 4. The summed E-state index contributed by atoms with van der Waals surface area (Å²) in [6.45, 7) is -0.439. The second-order valence-corrected chi connectivity index (χ2v) is 7.75. The highest BCUT2D eigenvalue weighted by molar-refractivity contribution is 7.98. The van der Waals surface area contributed by atoms with Crippen LogP contribution in [0.4, 0.5) is 15.8 Å². The largest absolute Gasteiger partial charge is 0.323 e. The summed E-state index contributed by atoms with van der Waals surface area (Å²) in [4.78, 5) is 13.1. The van der Waals surface area contributed by atoms with Gasteiger partial charge in [0.2, 0.25) is 15.9 Å². The molecule has 0 bridgehead atoms. The van der Waals surface area contributed by atoms with E-state index in [1.54, 1.807) is 12.1 Å². The summed E-state index contributed by atoms with van der Waals surface area (Å²) in [5.74, 6) is -1.08. The molecular formula is C16H17FN2O3S2. The van der Waals surface area contributed by atoms with Crippen molar-refractivity contribution >= 4 is 39.1 Å². The Morgan fingerprint density at radius 3 is 2.54 bits per heavy atom. The van der Waals surface area contributed by atoms with E-state index in [9.17, 15) is 17.6 Å². The van der Waals surface area contributed by atoms with Crippen LogP contribution < -0.4 is 9.62 Å². The zero-order valence-electron chi connectivity index (χ0n) is 13.2. The van der Waals surface area contributed by atoms with Crippen molar-refractivity contribution in [1.82, 2.24) is 0 Å². The molecule has 128 valence electrons. The number of para-hydroxylation sites is 1. The smallest absolute Gasteiger partial charge is 0.245 e. The second-order valence-electron chi connectivity index (χ2n) is 5.00. The lowest BCUT2D eigenvalue weighted by atomic mass is 10.3. The van der Waals surface area contributed by atoms with Crippen molar-refractivity contribution in [1.29, 1.82) is 0 Å². The lowest BCUT2D eigenvalue weighted by Crippen LogP contribution is -2.37. The van der Waals surface area contributed by atoms with Gasteiger partial charge in [-0.25, -0.2) is 12.8 Å². The third-order valence-corrected chi connectivity index (χ3v) is 5.10. The number of anilines is 2. The Bertz CT molecular complexity index is 841. The molecule has 5 nitrogen and oxygen atoms in total. The van der Waals surface area contributed by atoms with Crippen molar-refractivity contribution < 1.29 is 17.6 Å². The minimum atomic E-state index is -3.74. The highest BCUT2D eigenvalue weighted by Crippen LogP contribution is 2.25. The Kier molecular flexibility index (Phi) is 5.84. The van der Waals surface area contributed by atoms with E-state index in [-0.39, 0.29) is 5.69 Å². The first-order chi connectivity index (χ1) is 11.3. The van der Waals surface area contributed by atoms with E-state index in [1.165, 1.54) is 30.0 Å². The van der Waals surface area contributed by atoms with E-state index in [4.69, 9.17) is 0 Å². The number of thioether (sulfide) groups is 1. The van der Waals surface area contributed by atoms with Crippen LogP contribution in [-0.2, 0) is 14.8 Å². The van der Waals surface area contributed by atoms with E-state index in [2.05, 4.69) is 5.32 Å². The van der Waals surface area contributed by atoms with E-state index >= 15 is 0 Å². The van der Waals surface area contributed by atoms with Crippen LogP contribution in [0, 0.1) is 5.82 Å². The minimum absolute atomic E-state index is 0.103. The van der Waals surface area contributed by atoms with Gasteiger partial charge in [-0.2, -0.15) is 0 Å². The molecule has 0 heterocycles. The molecule has 0 aliphatic rings. The highest BCUT2D eigenvalue weighted by Gasteiger charge is 2.21. The summed E-state index contributed by atoms with van der Waals surface area (Å²) >= 11 is 1.46. The number of carbonyl (C=O) groups is 1. The molecule has 0 atom stereocenters. The lowest BCUT2D eigenvalue weighted by Gasteiger charge is -2.22. The summed E-state index contributed by atoms with van der Waals surface area (Å²) in [7, 11) is -3.74. The maximum Gasteiger partial charge on any atom is 0.245 e. The van der Waals surface area contributed by atoms with Gasteiger partial charge in [0.25, 0.3) is 0 Å². The van der Waals surface area contributed by atoms with Crippen LogP contribution in [0.5, 0.6) is 0 Å². The summed E-state index contributed by atoms with van der Waals surface area (Å²) in [6.07, 6.45) is 2.85. The fraction of sp³-hybridized carbons (Fsp3) is 0.188. The zero-order chi connectivity index (χ0) is 17.7. The van der Waals surface area contributed by atoms with Gasteiger partial charge >= 0.3 is 0 Å². The molecule has 0 aromatic heterocycles. The monoisotopic (exact) mass is 368 g/mol. The van der Waals surface area contributed by atoms with Gasteiger partial charge in [0, 0.05) is 4.90 Å². The first-order valence-electron chi connectivity index (χ1n) is 6.97. The van der Waals surface area contributed by atoms with Crippen LogP contribution in [0.2, 0.25) is 0 Å². The summed E-state index contributed by atoms with van der Waals surface area (Å²) in [6, 6.07) is 12.3. The lowest BCUT2D eigenvalue weighted by molar-refractivity contribution is -0.114. The number of nitrogens with one attached hydrogen (secondary N) is 1. The number of hydrogen-bond donors (Lipinski definition) is 1. The molecule has 2 aromatic carbocycles. The van der Waals surface area contributed by atoms with Gasteiger partial charge in [0.1, 0.15) is 12.4 Å². The molecule has 0 fully saturated rings. The van der Waals surface area contributed by atoms with Crippen molar-refractivity contribution in [3.8, 4) is 0 Å². The number of nitrogens with zero attached hydrogens (tertiary/aromatic N) is 1. The third-order valence-electron chi connectivity index (χ3n) is 3.16. The Morgan fingerprint density at radius 1 is 1.21 bits per heavy atom. The van der Waals surface area contributed by atoms with Crippen molar-refractivity contribution in [2.75, 3.05) is 28.7 Å². The average molecular weight is 368 g/mol. The zero-order valence-corrected chi connectivity index (χ0v) is 14.8. The first kappa shape index (κ1) is 18.3. The summed E-state index contributed by atoms with van der Waals surface area (Å²) < 4.78 is 38.2. The van der Waals surface area contributed by atoms with Crippen LogP contribution in [0.25, 0.3) is 0 Å². The SMILES string of the molecule is CSc1ccccc1NC(=O)CN(c1cccc(F)c1)S(C)(=O)=O. The fourth-order valence-electron chi connectivity index (χ4n) is 2.10. The maximum atomic E-state index is 13.4. The molecule has 0 unspecified atom stereocenters. The topological polar surface area (TPSA) is 66.5 Å². The van der Waals surface area contributed by atoms with E-state index in [0.717, 1.165) is 21.5 Å². The number of rotatable bonds is 6. The van der Waals surface area contributed by atoms with Gasteiger partial charge in [-0.15, -0.1) is 11.8 Å². The summed E-state index contributed by atoms with van der Waals surface area (Å²) in [5.41, 5.74) is 0.702. The van der Waals surface area contributed by atoms with Gasteiger partial charge in [0.05, 0.1) is 17.6 Å². The molecule has 0 aliphatic carbocycles. The standard InChI is InChI=1S/C16H17FN2O3S2/c1-23-15-9-4-3-8-14(15)18-16(20)11-19(24(2,21)22)13-7-5-6-12(17)10-13/h3-10H,11H2,1-2H3,(H,18,20). The van der Waals surface area contributed by atoms with E-state index in [1.807, 2.05) is 18.4 Å². The van der Waals surface area contributed by atoms with Gasteiger partial charge < -0.3 is 5.32 Å². The molecule has 24 heavy (non-hydrogen) atoms. The molecule has 0 saturated heterocycles. The van der Waals surface area contributed by atoms with Crippen LogP contribution >= 0.6 is 11.8 Å². The van der Waals surface area contributed by atoms with Crippen molar-refractivity contribution in [2.24, 2.45) is 0 Å². The van der Waals surface area contributed by atoms with Gasteiger partial charge in [0.15, 0.2) is 0 Å². The van der Waals surface area contributed by atoms with Gasteiger partial charge in [-0.1, -0.05) is 18.2 Å². The Morgan fingerprint density at radius 2 is 1.92 bits per heavy atom. The van der Waals surface area contributed by atoms with Crippen LogP contribution in [0.3, 0.4) is 0 Å². The minimum Gasteiger partial charge on any atom is -0.323 e. The molecule has 0 aliphatic heterocycles. The second kappa shape index (κ2) is 7.67. The Hall–Kier alpha value is -2.06. The molecule has 0 radical (unpaired) electrons. The van der Waals surface area contributed by atoms with Gasteiger partial charge in [-0.05, 0) is 36.6 Å². The van der Waals surface area contributed by atoms with Crippen molar-refractivity contribution in [2.45, 2.75) is 4.90 Å². The molecular weight excluding hydrogens is 351 g/mol. The number of carbonyl (C=O) groups excluding carboxylic acids is 1. The van der Waals surface area contributed by atoms with Crippen molar-refractivity contribution in [3.63, 3.8) is 0 Å². The predicted molar refractivity (Wildman–Crippen MR) is 95.4 cm³/mol. The fourth-order valence-corrected chi connectivity index (χ4v) is 3.50. The number of benzene rings is 2. The summed E-state index contributed by atoms with van der Waals surface area (Å²) in [5, 5.41) is 2.69. The highest BCUT2D eigenvalue weighted by atomic mass is 32.2. The van der Waals surface area contributed by atoms with E-state index in [0.29, 0.717) is 5.69 Å². The molecule has 1 N–H and O–H groups in total. The van der Waals surface area contributed by atoms with Gasteiger partial charge in [-0.3, -0.25) is 9.10 Å². The predicted octanol–water partition coefficient (Wildman–Crippen LogP) is 2.95. The molecule has 2 aromatic rings. The van der Waals surface area contributed by atoms with E-state index < -0.39 is 28.3 Å². The molecule has 0 spiro atoms. The Labute approximate surface area is 144 Å². The number of halogens is 1. The molecule has 2 rings (SSSR count). The normalized spacial score (nSPS) is 11.1. The number of sulfonamides is 1. The third kappa shape index (κ3) is 4.72. The van der Waals surface area contributed by atoms with Crippen LogP contribution in [0.15, 0.2) is 53.4 Å². The Balaban J connectivity index is 2.23. The molecule has 8 heteroatoms. The van der Waals surface area contributed by atoms with Crippen LogP contribution in [0.1, 0.15) is 0 Å². The quantitative estimate of drug-likeness (QED) is 0.796. The van der Waals surface area contributed by atoms with Crippen LogP contribution in [-0.4, -0.2) is 33.4 Å². The average Bonchev–Trinajstić information content (AvgIpc) is 2.52.